The maximum Gasteiger partial charge on any atom is 0.191 e. The van der Waals surface area contributed by atoms with E-state index in [1.807, 2.05) is 13.1 Å². The van der Waals surface area contributed by atoms with Crippen molar-refractivity contribution in [1.82, 2.24) is 20.5 Å². The van der Waals surface area contributed by atoms with Gasteiger partial charge in [0, 0.05) is 24.4 Å². The summed E-state index contributed by atoms with van der Waals surface area (Å²) in [5.74, 6) is 1.70. The Hall–Kier alpha value is -2.12. The third-order valence-corrected chi connectivity index (χ3v) is 6.32. The number of aromatic nitrogens is 1. The number of methoxy groups -OCH3 is 1. The molecular weight excluding hydrogens is 394 g/mol. The summed E-state index contributed by atoms with van der Waals surface area (Å²) in [6.45, 7) is 10.3. The Morgan fingerprint density at radius 1 is 1.27 bits per heavy atom. The molecular formula is C23H35N5OS. The first-order chi connectivity index (χ1) is 14.4. The zero-order chi connectivity index (χ0) is 21.6. The van der Waals surface area contributed by atoms with Crippen LogP contribution in [0.15, 0.2) is 34.6 Å². The van der Waals surface area contributed by atoms with Gasteiger partial charge in [-0.05, 0) is 43.6 Å². The normalized spacial score (nSPS) is 16.5. The summed E-state index contributed by atoms with van der Waals surface area (Å²) < 4.78 is 5.45. The Morgan fingerprint density at radius 3 is 2.67 bits per heavy atom. The van der Waals surface area contributed by atoms with E-state index in [1.165, 1.54) is 18.4 Å². The van der Waals surface area contributed by atoms with E-state index in [1.54, 1.807) is 18.4 Å². The van der Waals surface area contributed by atoms with E-state index in [9.17, 15) is 0 Å². The Balaban J connectivity index is 1.62. The monoisotopic (exact) mass is 429 g/mol. The fourth-order valence-corrected chi connectivity index (χ4v) is 4.63. The third-order valence-electron chi connectivity index (χ3n) is 5.47. The minimum Gasteiger partial charge on any atom is -0.497 e. The zero-order valence-corrected chi connectivity index (χ0v) is 19.7. The molecule has 2 aromatic rings. The van der Waals surface area contributed by atoms with Crippen LogP contribution in [0, 0.1) is 0 Å². The Bertz CT molecular complexity index is 836. The van der Waals surface area contributed by atoms with Crippen LogP contribution >= 0.6 is 11.3 Å². The molecule has 3 rings (SSSR count). The van der Waals surface area contributed by atoms with Gasteiger partial charge in [0.1, 0.15) is 10.8 Å². The number of nitrogens with one attached hydrogen (secondary N) is 2. The van der Waals surface area contributed by atoms with E-state index in [-0.39, 0.29) is 11.5 Å². The fraction of sp³-hybridized carbons (Fsp3) is 0.565. The molecule has 1 aromatic heterocycles. The van der Waals surface area contributed by atoms with Crippen molar-refractivity contribution in [2.24, 2.45) is 4.99 Å². The molecule has 7 heteroatoms. The van der Waals surface area contributed by atoms with Crippen LogP contribution in [-0.4, -0.2) is 49.6 Å². The molecule has 0 bridgehead atoms. The smallest absolute Gasteiger partial charge is 0.191 e. The van der Waals surface area contributed by atoms with Crippen molar-refractivity contribution in [3.8, 4) is 5.75 Å². The highest BCUT2D eigenvalue weighted by Gasteiger charge is 2.24. The van der Waals surface area contributed by atoms with Gasteiger partial charge in [0.25, 0.3) is 0 Å². The van der Waals surface area contributed by atoms with Crippen LogP contribution in [-0.2, 0) is 12.0 Å². The Kier molecular flexibility index (Phi) is 7.72. The second-order valence-electron chi connectivity index (χ2n) is 8.72. The van der Waals surface area contributed by atoms with Crippen LogP contribution in [0.5, 0.6) is 5.75 Å². The molecule has 6 nitrogen and oxygen atoms in total. The molecule has 0 spiro atoms. The Labute approximate surface area is 184 Å². The molecule has 1 aliphatic heterocycles. The van der Waals surface area contributed by atoms with Crippen LogP contribution in [0.25, 0.3) is 0 Å². The Morgan fingerprint density at radius 2 is 2.03 bits per heavy atom. The highest BCUT2D eigenvalue weighted by atomic mass is 32.1. The predicted octanol–water partition coefficient (Wildman–Crippen LogP) is 3.95. The fourth-order valence-electron chi connectivity index (χ4n) is 3.67. The maximum absolute atomic E-state index is 5.45. The topological polar surface area (TPSA) is 61.8 Å². The lowest BCUT2D eigenvalue weighted by Gasteiger charge is -2.29. The van der Waals surface area contributed by atoms with Crippen LogP contribution in [0.4, 0.5) is 0 Å². The molecule has 1 aliphatic rings. The number of hydrogen-bond acceptors (Lipinski definition) is 5. The average molecular weight is 430 g/mol. The van der Waals surface area contributed by atoms with Crippen LogP contribution in [0.3, 0.4) is 0 Å². The summed E-state index contributed by atoms with van der Waals surface area (Å²) in [6, 6.07) is 8.68. The second-order valence-corrected chi connectivity index (χ2v) is 9.66. The van der Waals surface area contributed by atoms with Crippen LogP contribution in [0.1, 0.15) is 55.9 Å². The number of rotatable bonds is 7. The van der Waals surface area contributed by atoms with Gasteiger partial charge in [-0.15, -0.1) is 11.3 Å². The maximum atomic E-state index is 5.45. The van der Waals surface area contributed by atoms with Gasteiger partial charge in [-0.1, -0.05) is 32.9 Å². The van der Waals surface area contributed by atoms with Gasteiger partial charge in [-0.3, -0.25) is 9.89 Å². The van der Waals surface area contributed by atoms with Gasteiger partial charge < -0.3 is 15.4 Å². The SMILES string of the molecule is CN=C(NCc1nc(C(C)(C)C)cs1)NCC(c1cccc(OC)c1)N1CCCC1. The lowest BCUT2D eigenvalue weighted by Crippen LogP contribution is -2.42. The largest absolute Gasteiger partial charge is 0.497 e. The molecule has 1 aromatic carbocycles. The van der Waals surface area contributed by atoms with Gasteiger partial charge in [-0.2, -0.15) is 0 Å². The van der Waals surface area contributed by atoms with E-state index < -0.39 is 0 Å². The summed E-state index contributed by atoms with van der Waals surface area (Å²) >= 11 is 1.70. The molecule has 2 N–H and O–H groups in total. The number of guanidine groups is 1. The first-order valence-electron chi connectivity index (χ1n) is 10.7. The lowest BCUT2D eigenvalue weighted by molar-refractivity contribution is 0.245. The number of nitrogens with zero attached hydrogens (tertiary/aromatic N) is 3. The van der Waals surface area contributed by atoms with Crippen molar-refractivity contribution in [3.05, 3.63) is 45.9 Å². The highest BCUT2D eigenvalue weighted by Crippen LogP contribution is 2.27. The number of hydrogen-bond donors (Lipinski definition) is 2. The predicted molar refractivity (Wildman–Crippen MR) is 126 cm³/mol. The quantitative estimate of drug-likeness (QED) is 0.515. The lowest BCUT2D eigenvalue weighted by atomic mass is 9.93. The summed E-state index contributed by atoms with van der Waals surface area (Å²) in [5.41, 5.74) is 2.49. The number of ether oxygens (including phenoxy) is 1. The molecule has 1 saturated heterocycles. The molecule has 0 amide bonds. The minimum absolute atomic E-state index is 0.0777. The number of thiazole rings is 1. The van der Waals surface area contributed by atoms with Gasteiger partial charge >= 0.3 is 0 Å². The van der Waals surface area contributed by atoms with Crippen molar-refractivity contribution in [2.75, 3.05) is 33.8 Å². The summed E-state index contributed by atoms with van der Waals surface area (Å²) in [6.07, 6.45) is 2.52. The summed E-state index contributed by atoms with van der Waals surface area (Å²) in [5, 5.41) is 10.2. The number of aliphatic imine (C=N–C) groups is 1. The molecule has 0 aliphatic carbocycles. The average Bonchev–Trinajstić information content (AvgIpc) is 3.42. The van der Waals surface area contributed by atoms with Gasteiger partial charge in [-0.25, -0.2) is 4.98 Å². The zero-order valence-electron chi connectivity index (χ0n) is 18.9. The van der Waals surface area contributed by atoms with E-state index in [0.717, 1.165) is 42.0 Å². The van der Waals surface area contributed by atoms with E-state index >= 15 is 0 Å². The van der Waals surface area contributed by atoms with Crippen molar-refractivity contribution in [3.63, 3.8) is 0 Å². The minimum atomic E-state index is 0.0777. The molecule has 164 valence electrons. The molecule has 1 fully saturated rings. The molecule has 0 radical (unpaired) electrons. The molecule has 2 heterocycles. The van der Waals surface area contributed by atoms with E-state index in [4.69, 9.17) is 9.72 Å². The van der Waals surface area contributed by atoms with Crippen molar-refractivity contribution in [1.29, 1.82) is 0 Å². The number of benzene rings is 1. The number of likely N-dealkylation sites (tertiary alicyclic amines) is 1. The van der Waals surface area contributed by atoms with E-state index in [0.29, 0.717) is 6.54 Å². The standard InChI is InChI=1S/C23H35N5OS/c1-23(2,3)20-16-30-21(27-20)15-26-22(24-4)25-14-19(28-11-6-7-12-28)17-9-8-10-18(13-17)29-5/h8-10,13,16,19H,6-7,11-12,14-15H2,1-5H3,(H2,24,25,26). The van der Waals surface area contributed by atoms with Gasteiger partial charge in [0.2, 0.25) is 0 Å². The highest BCUT2D eigenvalue weighted by molar-refractivity contribution is 7.09. The molecule has 1 unspecified atom stereocenters. The van der Waals surface area contributed by atoms with Crippen LogP contribution < -0.4 is 15.4 Å². The molecule has 30 heavy (non-hydrogen) atoms. The first kappa shape index (κ1) is 22.6. The molecule has 0 saturated carbocycles. The van der Waals surface area contributed by atoms with Crippen LogP contribution in [0.2, 0.25) is 0 Å². The van der Waals surface area contributed by atoms with E-state index in [2.05, 4.69) is 64.9 Å². The van der Waals surface area contributed by atoms with Crippen molar-refractivity contribution >= 4 is 17.3 Å². The van der Waals surface area contributed by atoms with Gasteiger partial charge in [0.05, 0.1) is 25.4 Å². The second kappa shape index (κ2) is 10.3. The summed E-state index contributed by atoms with van der Waals surface area (Å²) in [7, 11) is 3.53. The summed E-state index contributed by atoms with van der Waals surface area (Å²) in [4.78, 5) is 11.7. The first-order valence-corrected chi connectivity index (χ1v) is 11.6. The third kappa shape index (κ3) is 5.95. The molecule has 1 atom stereocenters. The van der Waals surface area contributed by atoms with Crippen molar-refractivity contribution < 1.29 is 4.74 Å². The van der Waals surface area contributed by atoms with Crippen molar-refractivity contribution in [2.45, 2.75) is 51.6 Å². The van der Waals surface area contributed by atoms with Gasteiger partial charge in [0.15, 0.2) is 5.96 Å².